The highest BCUT2D eigenvalue weighted by molar-refractivity contribution is 7.98. The highest BCUT2D eigenvalue weighted by Crippen LogP contribution is 2.56. The van der Waals surface area contributed by atoms with Crippen molar-refractivity contribution in [3.63, 3.8) is 0 Å². The average molecular weight is 461 g/mol. The monoisotopic (exact) mass is 460 g/mol. The number of aliphatic carboxylic acids is 1. The highest BCUT2D eigenvalue weighted by Gasteiger charge is 2.42. The van der Waals surface area contributed by atoms with Crippen molar-refractivity contribution in [3.05, 3.63) is 103 Å². The first kappa shape index (κ1) is 26.6. The smallest absolute Gasteiger partial charge is 0.136 e. The van der Waals surface area contributed by atoms with Crippen LogP contribution in [0.25, 0.3) is 0 Å². The van der Waals surface area contributed by atoms with Crippen LogP contribution in [0.4, 0.5) is 0 Å². The minimum atomic E-state index is -1.77. The third-order valence-electron chi connectivity index (χ3n) is 5.57. The second-order valence-electron chi connectivity index (χ2n) is 9.41. The number of rotatable bonds is 9. The molecule has 0 aliphatic carbocycles. The Bertz CT molecular complexity index is 864. The third-order valence-corrected chi connectivity index (χ3v) is 9.46. The van der Waals surface area contributed by atoms with Gasteiger partial charge in [-0.3, -0.25) is 0 Å². The Morgan fingerprint density at radius 1 is 0.758 bits per heavy atom. The summed E-state index contributed by atoms with van der Waals surface area (Å²) in [5, 5.41) is 14.1. The molecule has 0 aliphatic heterocycles. The molecule has 0 atom stereocenters. The molecular formula is C30H37O2P. The first-order valence-electron chi connectivity index (χ1n) is 11.7. The van der Waals surface area contributed by atoms with Crippen LogP contribution < -0.4 is 21.0 Å². The minimum Gasteiger partial charge on any atom is -0.550 e. The van der Waals surface area contributed by atoms with Gasteiger partial charge in [0.1, 0.15) is 23.2 Å². The zero-order valence-electron chi connectivity index (χ0n) is 20.2. The third kappa shape index (κ3) is 8.30. The van der Waals surface area contributed by atoms with Crippen LogP contribution in [0.5, 0.6) is 0 Å². The van der Waals surface area contributed by atoms with Gasteiger partial charge < -0.3 is 9.90 Å². The normalized spacial score (nSPS) is 11.2. The number of benzene rings is 3. The molecule has 0 saturated carbocycles. The number of carbonyl (C=O) groups excluding carboxylic acids is 1. The van der Waals surface area contributed by atoms with Crippen molar-refractivity contribution in [2.24, 2.45) is 5.41 Å². The van der Waals surface area contributed by atoms with Crippen LogP contribution in [0.1, 0.15) is 52.9 Å². The zero-order chi connectivity index (χ0) is 24.2. The van der Waals surface area contributed by atoms with Crippen LogP contribution in [0.3, 0.4) is 0 Å². The number of unbranched alkanes of at least 4 members (excludes halogenated alkanes) is 2. The van der Waals surface area contributed by atoms with E-state index in [9.17, 15) is 9.90 Å². The standard InChI is InChI=1S/C20H18P.C10H20O2/c1-2-21(18-12-6-3-7-13-18,19-14-8-4-9-15-19)20-16-10-5-11-17-20;1-10(2,3)8-6-4-5-7-9(11)12/h2-17H,1H2;4-8H2,1-3H3,(H,11,12)/q+1;/p-1. The van der Waals surface area contributed by atoms with Gasteiger partial charge in [0.15, 0.2) is 0 Å². The number of hydrogen-bond donors (Lipinski definition) is 0. The van der Waals surface area contributed by atoms with Gasteiger partial charge in [-0.05, 0) is 61.1 Å². The summed E-state index contributed by atoms with van der Waals surface area (Å²) in [5.41, 5.74) is 0.376. The number of hydrogen-bond acceptors (Lipinski definition) is 2. The van der Waals surface area contributed by atoms with Crippen LogP contribution in [-0.4, -0.2) is 5.97 Å². The quantitative estimate of drug-likeness (QED) is 0.297. The summed E-state index contributed by atoms with van der Waals surface area (Å²) in [7, 11) is -1.77. The molecule has 3 rings (SSSR count). The molecule has 0 unspecified atom stereocenters. The molecule has 3 aromatic carbocycles. The largest absolute Gasteiger partial charge is 0.550 e. The predicted molar refractivity (Wildman–Crippen MR) is 143 cm³/mol. The summed E-state index contributed by atoms with van der Waals surface area (Å²) in [4.78, 5) is 10.0. The van der Waals surface area contributed by atoms with Crippen LogP contribution in [-0.2, 0) is 4.79 Å². The molecule has 0 spiro atoms. The SMILES string of the molecule is C=C[P+](c1ccccc1)(c1ccccc1)c1ccccc1.CC(C)(C)CCCCCC(=O)[O-]. The maximum atomic E-state index is 10.0. The first-order valence-corrected chi connectivity index (χ1v) is 13.5. The minimum absolute atomic E-state index is 0.212. The Kier molecular flexibility index (Phi) is 10.6. The molecule has 0 fully saturated rings. The van der Waals surface area contributed by atoms with E-state index >= 15 is 0 Å². The van der Waals surface area contributed by atoms with E-state index in [-0.39, 0.29) is 6.42 Å². The number of carboxylic acid groups (broad SMARTS) is 1. The lowest BCUT2D eigenvalue weighted by atomic mass is 9.89. The van der Waals surface area contributed by atoms with Gasteiger partial charge in [0.05, 0.1) is 5.82 Å². The molecule has 0 radical (unpaired) electrons. The van der Waals surface area contributed by atoms with E-state index in [1.54, 1.807) is 0 Å². The van der Waals surface area contributed by atoms with Gasteiger partial charge in [0, 0.05) is 5.97 Å². The van der Waals surface area contributed by atoms with E-state index in [2.05, 4.69) is 124 Å². The van der Waals surface area contributed by atoms with Gasteiger partial charge >= 0.3 is 0 Å². The Morgan fingerprint density at radius 2 is 1.15 bits per heavy atom. The molecule has 2 nitrogen and oxygen atoms in total. The van der Waals surface area contributed by atoms with Crippen LogP contribution in [0, 0.1) is 5.41 Å². The van der Waals surface area contributed by atoms with E-state index in [1.165, 1.54) is 22.3 Å². The van der Waals surface area contributed by atoms with Gasteiger partial charge in [-0.15, -0.1) is 0 Å². The van der Waals surface area contributed by atoms with E-state index in [1.807, 2.05) is 0 Å². The number of carbonyl (C=O) groups is 1. The summed E-state index contributed by atoms with van der Waals surface area (Å²) in [6, 6.07) is 32.2. The molecular weight excluding hydrogens is 423 g/mol. The van der Waals surface area contributed by atoms with Crippen molar-refractivity contribution in [3.8, 4) is 0 Å². The maximum absolute atomic E-state index is 10.0. The highest BCUT2D eigenvalue weighted by atomic mass is 31.2. The Hall–Kier alpha value is -2.70. The molecule has 174 valence electrons. The Labute approximate surface area is 200 Å². The molecule has 3 aromatic rings. The Balaban J connectivity index is 0.000000277. The van der Waals surface area contributed by atoms with Crippen molar-refractivity contribution in [2.75, 3.05) is 0 Å². The molecule has 33 heavy (non-hydrogen) atoms. The number of carboxylic acids is 1. The van der Waals surface area contributed by atoms with Crippen molar-refractivity contribution < 1.29 is 9.90 Å². The molecule has 3 heteroatoms. The van der Waals surface area contributed by atoms with E-state index in [0.717, 1.165) is 19.3 Å². The van der Waals surface area contributed by atoms with Crippen LogP contribution in [0.2, 0.25) is 0 Å². The van der Waals surface area contributed by atoms with Crippen LogP contribution >= 0.6 is 7.26 Å². The van der Waals surface area contributed by atoms with E-state index in [0.29, 0.717) is 5.41 Å². The molecule has 0 bridgehead atoms. The fourth-order valence-corrected chi connectivity index (χ4v) is 7.31. The molecule has 0 heterocycles. The summed E-state index contributed by atoms with van der Waals surface area (Å²) < 4.78 is 0. The lowest BCUT2D eigenvalue weighted by Gasteiger charge is -2.23. The van der Waals surface area contributed by atoms with E-state index < -0.39 is 13.2 Å². The van der Waals surface area contributed by atoms with Crippen molar-refractivity contribution in [2.45, 2.75) is 52.9 Å². The fourth-order valence-electron chi connectivity index (χ4n) is 3.85. The summed E-state index contributed by atoms with van der Waals surface area (Å²) in [6.45, 7) is 10.8. The first-order chi connectivity index (χ1) is 15.8. The summed E-state index contributed by atoms with van der Waals surface area (Å²) >= 11 is 0. The van der Waals surface area contributed by atoms with Crippen molar-refractivity contribution in [1.29, 1.82) is 0 Å². The Morgan fingerprint density at radius 3 is 1.45 bits per heavy atom. The zero-order valence-corrected chi connectivity index (χ0v) is 21.1. The van der Waals surface area contributed by atoms with Crippen molar-refractivity contribution >= 4 is 29.1 Å². The lowest BCUT2D eigenvalue weighted by Crippen LogP contribution is -2.29. The van der Waals surface area contributed by atoms with Gasteiger partial charge in [-0.2, -0.15) is 0 Å². The molecule has 0 amide bonds. The van der Waals surface area contributed by atoms with E-state index in [4.69, 9.17) is 0 Å². The molecule has 0 aromatic heterocycles. The van der Waals surface area contributed by atoms with Gasteiger partial charge in [0.25, 0.3) is 0 Å². The summed E-state index contributed by atoms with van der Waals surface area (Å²) in [6.07, 6.45) is 4.27. The van der Waals surface area contributed by atoms with Crippen molar-refractivity contribution in [1.82, 2.24) is 0 Å². The fraction of sp³-hybridized carbons (Fsp3) is 0.300. The molecule has 0 N–H and O–H groups in total. The second kappa shape index (κ2) is 13.1. The lowest BCUT2D eigenvalue weighted by molar-refractivity contribution is -0.305. The maximum Gasteiger partial charge on any atom is 0.136 e. The van der Waals surface area contributed by atoms with Gasteiger partial charge in [-0.25, -0.2) is 0 Å². The van der Waals surface area contributed by atoms with Crippen LogP contribution in [0.15, 0.2) is 103 Å². The molecule has 0 saturated heterocycles. The topological polar surface area (TPSA) is 40.1 Å². The average Bonchev–Trinajstić information content (AvgIpc) is 2.81. The second-order valence-corrected chi connectivity index (χ2v) is 12.8. The van der Waals surface area contributed by atoms with Gasteiger partial charge in [0.2, 0.25) is 0 Å². The predicted octanol–water partition coefficient (Wildman–Crippen LogP) is 5.86. The summed E-state index contributed by atoms with van der Waals surface area (Å²) in [5.74, 6) is 1.23. The molecule has 0 aliphatic rings. The van der Waals surface area contributed by atoms with Gasteiger partial charge in [-0.1, -0.05) is 94.8 Å².